The summed E-state index contributed by atoms with van der Waals surface area (Å²) in [6.45, 7) is 3.98. The van der Waals surface area contributed by atoms with Gasteiger partial charge in [0, 0.05) is 25.2 Å². The predicted molar refractivity (Wildman–Crippen MR) is 139 cm³/mol. The lowest BCUT2D eigenvalue weighted by Gasteiger charge is -2.33. The highest BCUT2D eigenvalue weighted by Crippen LogP contribution is 2.33. The van der Waals surface area contributed by atoms with E-state index in [1.54, 1.807) is 60.7 Å². The summed E-state index contributed by atoms with van der Waals surface area (Å²) in [5.74, 6) is -0.459. The number of nitrogens with zero attached hydrogens (tertiary/aromatic N) is 2. The molecule has 188 valence electrons. The molecule has 0 aliphatic carbocycles. The molecule has 0 atom stereocenters. The van der Waals surface area contributed by atoms with Crippen molar-refractivity contribution in [1.82, 2.24) is 5.32 Å². The minimum Gasteiger partial charge on any atom is -0.378 e. The quantitative estimate of drug-likeness (QED) is 0.447. The van der Waals surface area contributed by atoms with Crippen molar-refractivity contribution in [1.29, 1.82) is 0 Å². The number of para-hydroxylation sites is 2. The first-order chi connectivity index (χ1) is 17.4. The second kappa shape index (κ2) is 11.4. The van der Waals surface area contributed by atoms with Gasteiger partial charge in [0.1, 0.15) is 12.8 Å². The van der Waals surface area contributed by atoms with Gasteiger partial charge in [0.2, 0.25) is 5.91 Å². The number of sulfonamides is 1. The van der Waals surface area contributed by atoms with Crippen molar-refractivity contribution < 1.29 is 22.7 Å². The van der Waals surface area contributed by atoms with Gasteiger partial charge in [-0.25, -0.2) is 8.42 Å². The van der Waals surface area contributed by atoms with Crippen molar-refractivity contribution in [2.24, 2.45) is 0 Å². The normalized spacial score (nSPS) is 13.8. The van der Waals surface area contributed by atoms with Crippen LogP contribution in [0.25, 0.3) is 0 Å². The number of amides is 1. The molecule has 3 aromatic carbocycles. The Morgan fingerprint density at radius 3 is 2.47 bits per heavy atom. The third kappa shape index (κ3) is 5.92. The van der Waals surface area contributed by atoms with Crippen molar-refractivity contribution in [3.8, 4) is 0 Å². The smallest absolute Gasteiger partial charge is 0.264 e. The maximum absolute atomic E-state index is 13.8. The van der Waals surface area contributed by atoms with Crippen molar-refractivity contribution in [2.75, 3.05) is 42.1 Å². The molecule has 1 N–H and O–H groups in total. The van der Waals surface area contributed by atoms with Crippen LogP contribution in [0.4, 0.5) is 11.4 Å². The Morgan fingerprint density at radius 2 is 1.75 bits per heavy atom. The van der Waals surface area contributed by atoms with Crippen LogP contribution in [0, 0.1) is 6.92 Å². The summed E-state index contributed by atoms with van der Waals surface area (Å²) >= 11 is 0. The molecule has 8 nitrogen and oxygen atoms in total. The van der Waals surface area contributed by atoms with Crippen LogP contribution in [0.2, 0.25) is 0 Å². The number of aryl methyl sites for hydroxylation is 1. The number of anilines is 2. The number of ether oxygens (including phenoxy) is 1. The van der Waals surface area contributed by atoms with Crippen LogP contribution < -0.4 is 14.5 Å². The lowest BCUT2D eigenvalue weighted by molar-refractivity contribution is -0.119. The fraction of sp³-hybridized carbons (Fsp3) is 0.259. The summed E-state index contributed by atoms with van der Waals surface area (Å²) < 4.78 is 34.3. The molecule has 1 saturated heterocycles. The van der Waals surface area contributed by atoms with E-state index in [-0.39, 0.29) is 11.4 Å². The van der Waals surface area contributed by atoms with Gasteiger partial charge in [-0.15, -0.1) is 0 Å². The average molecular weight is 508 g/mol. The van der Waals surface area contributed by atoms with E-state index in [9.17, 15) is 18.0 Å². The summed E-state index contributed by atoms with van der Waals surface area (Å²) in [5, 5.41) is 2.79. The molecule has 1 heterocycles. The van der Waals surface area contributed by atoms with Gasteiger partial charge < -0.3 is 15.0 Å². The first-order valence-electron chi connectivity index (χ1n) is 11.7. The molecule has 0 radical (unpaired) electrons. The standard InChI is InChI=1S/C27H29N3O5S/c1-21-9-11-24(12-10-21)36(33,34)30(19-27(32)28-18-22-5-4-6-23(17-22)20-31)26-8-3-2-7-25(26)29-13-15-35-16-14-29/h2-12,17,20H,13-16,18-19H2,1H3,(H,28,32). The van der Waals surface area contributed by atoms with E-state index < -0.39 is 22.5 Å². The summed E-state index contributed by atoms with van der Waals surface area (Å²) in [5.41, 5.74) is 3.34. The van der Waals surface area contributed by atoms with Gasteiger partial charge in [-0.3, -0.25) is 13.9 Å². The third-order valence-electron chi connectivity index (χ3n) is 5.98. The van der Waals surface area contributed by atoms with Crippen LogP contribution >= 0.6 is 0 Å². The van der Waals surface area contributed by atoms with Crippen LogP contribution in [-0.4, -0.2) is 53.5 Å². The summed E-state index contributed by atoms with van der Waals surface area (Å²) in [6, 6.07) is 20.7. The SMILES string of the molecule is Cc1ccc(S(=O)(=O)N(CC(=O)NCc2cccc(C=O)c2)c2ccccc2N2CCOCC2)cc1. The Balaban J connectivity index is 1.65. The van der Waals surface area contributed by atoms with E-state index in [4.69, 9.17) is 4.74 Å². The van der Waals surface area contributed by atoms with Crippen LogP contribution in [0.3, 0.4) is 0 Å². The molecule has 0 bridgehead atoms. The van der Waals surface area contributed by atoms with E-state index in [1.165, 1.54) is 4.31 Å². The highest BCUT2D eigenvalue weighted by atomic mass is 32.2. The van der Waals surface area contributed by atoms with Crippen LogP contribution in [0.15, 0.2) is 77.7 Å². The number of hydrogen-bond donors (Lipinski definition) is 1. The van der Waals surface area contributed by atoms with Crippen molar-refractivity contribution in [3.05, 3.63) is 89.5 Å². The van der Waals surface area contributed by atoms with Gasteiger partial charge in [0.25, 0.3) is 10.0 Å². The number of rotatable bonds is 9. The number of hydrogen-bond acceptors (Lipinski definition) is 6. The average Bonchev–Trinajstić information content (AvgIpc) is 2.91. The van der Waals surface area contributed by atoms with Crippen LogP contribution in [-0.2, 0) is 26.1 Å². The molecule has 0 spiro atoms. The third-order valence-corrected chi connectivity index (χ3v) is 7.75. The Bertz CT molecular complexity index is 1320. The Hall–Kier alpha value is -3.69. The number of aldehydes is 1. The second-order valence-electron chi connectivity index (χ2n) is 8.55. The van der Waals surface area contributed by atoms with Gasteiger partial charge in [0.05, 0.1) is 29.5 Å². The van der Waals surface area contributed by atoms with E-state index >= 15 is 0 Å². The molecule has 0 unspecified atom stereocenters. The van der Waals surface area contributed by atoms with E-state index in [0.29, 0.717) is 37.6 Å². The molecule has 9 heteroatoms. The van der Waals surface area contributed by atoms with Crippen LogP contribution in [0.5, 0.6) is 0 Å². The first kappa shape index (κ1) is 25.4. The molecule has 4 rings (SSSR count). The molecule has 36 heavy (non-hydrogen) atoms. The second-order valence-corrected chi connectivity index (χ2v) is 10.4. The number of carbonyl (C=O) groups excluding carboxylic acids is 2. The molecule has 3 aromatic rings. The number of carbonyl (C=O) groups is 2. The first-order valence-corrected chi connectivity index (χ1v) is 13.1. The zero-order valence-corrected chi connectivity index (χ0v) is 20.9. The topological polar surface area (TPSA) is 96.0 Å². The minimum atomic E-state index is -4.05. The van der Waals surface area contributed by atoms with Gasteiger partial charge in [-0.2, -0.15) is 0 Å². The minimum absolute atomic E-state index is 0.108. The molecular formula is C27H29N3O5S. The summed E-state index contributed by atoms with van der Waals surface area (Å²) in [7, 11) is -4.05. The highest BCUT2D eigenvalue weighted by molar-refractivity contribution is 7.92. The zero-order valence-electron chi connectivity index (χ0n) is 20.1. The predicted octanol–water partition coefficient (Wildman–Crippen LogP) is 3.16. The number of morpholine rings is 1. The Kier molecular flexibility index (Phi) is 8.02. The fourth-order valence-electron chi connectivity index (χ4n) is 4.05. The maximum Gasteiger partial charge on any atom is 0.264 e. The molecule has 0 saturated carbocycles. The van der Waals surface area contributed by atoms with Gasteiger partial charge >= 0.3 is 0 Å². The van der Waals surface area contributed by atoms with Gasteiger partial charge in [-0.05, 0) is 42.8 Å². The molecule has 1 fully saturated rings. The van der Waals surface area contributed by atoms with E-state index in [2.05, 4.69) is 10.2 Å². The summed E-state index contributed by atoms with van der Waals surface area (Å²) in [4.78, 5) is 26.3. The lowest BCUT2D eigenvalue weighted by Crippen LogP contribution is -2.42. The highest BCUT2D eigenvalue weighted by Gasteiger charge is 2.30. The van der Waals surface area contributed by atoms with Gasteiger partial charge in [0.15, 0.2) is 0 Å². The number of nitrogens with one attached hydrogen (secondary N) is 1. The van der Waals surface area contributed by atoms with Crippen molar-refractivity contribution >= 4 is 33.6 Å². The van der Waals surface area contributed by atoms with Gasteiger partial charge in [-0.1, -0.05) is 48.0 Å². The molecule has 1 aliphatic heterocycles. The molecule has 1 aliphatic rings. The Morgan fingerprint density at radius 1 is 1.03 bits per heavy atom. The largest absolute Gasteiger partial charge is 0.378 e. The maximum atomic E-state index is 13.8. The van der Waals surface area contributed by atoms with E-state index in [0.717, 1.165) is 23.1 Å². The lowest BCUT2D eigenvalue weighted by atomic mass is 10.1. The van der Waals surface area contributed by atoms with Crippen molar-refractivity contribution in [2.45, 2.75) is 18.4 Å². The monoisotopic (exact) mass is 507 g/mol. The van der Waals surface area contributed by atoms with Crippen molar-refractivity contribution in [3.63, 3.8) is 0 Å². The zero-order chi connectivity index (χ0) is 25.5. The fourth-order valence-corrected chi connectivity index (χ4v) is 5.48. The molecule has 1 amide bonds. The van der Waals surface area contributed by atoms with E-state index in [1.807, 2.05) is 19.1 Å². The summed E-state index contributed by atoms with van der Waals surface area (Å²) in [6.07, 6.45) is 0.740. The Labute approximate surface area is 211 Å². The number of benzene rings is 3. The van der Waals surface area contributed by atoms with Crippen LogP contribution in [0.1, 0.15) is 21.5 Å². The molecule has 0 aromatic heterocycles. The molecular weight excluding hydrogens is 478 g/mol.